The third-order valence-electron chi connectivity index (χ3n) is 4.70. The highest BCUT2D eigenvalue weighted by atomic mass is 19.1. The molecule has 0 aliphatic rings. The highest BCUT2D eigenvalue weighted by Gasteiger charge is 2.20. The number of rotatable bonds is 5. The van der Waals surface area contributed by atoms with Gasteiger partial charge in [-0.05, 0) is 18.2 Å². The van der Waals surface area contributed by atoms with E-state index in [0.29, 0.717) is 22.5 Å². The zero-order valence-electron chi connectivity index (χ0n) is 16.2. The summed E-state index contributed by atoms with van der Waals surface area (Å²) in [6.07, 6.45) is 5.98. The molecule has 30 heavy (non-hydrogen) atoms. The fourth-order valence-electron chi connectivity index (χ4n) is 3.24. The van der Waals surface area contributed by atoms with Gasteiger partial charge in [0.15, 0.2) is 11.6 Å². The maximum absolute atomic E-state index is 15.1. The number of carbonyl (C=O) groups excluding carboxylic acids is 2. The number of anilines is 1. The number of nitrogens with one attached hydrogen (secondary N) is 1. The number of halogens is 1. The van der Waals surface area contributed by atoms with Gasteiger partial charge in [-0.2, -0.15) is 0 Å². The number of hydrogen-bond acceptors (Lipinski definition) is 5. The summed E-state index contributed by atoms with van der Waals surface area (Å²) in [6.45, 7) is 1.42. The van der Waals surface area contributed by atoms with E-state index < -0.39 is 11.7 Å². The van der Waals surface area contributed by atoms with Crippen LogP contribution in [0.25, 0.3) is 16.6 Å². The molecular weight excluding hydrogens is 387 g/mol. The van der Waals surface area contributed by atoms with Gasteiger partial charge in [-0.25, -0.2) is 14.4 Å². The lowest BCUT2D eigenvalue weighted by atomic mass is 10.1. The quantitative estimate of drug-likeness (QED) is 0.508. The van der Waals surface area contributed by atoms with Gasteiger partial charge in [0.1, 0.15) is 12.1 Å². The van der Waals surface area contributed by atoms with Gasteiger partial charge in [-0.15, -0.1) is 0 Å². The van der Waals surface area contributed by atoms with Crippen LogP contribution in [0.4, 0.5) is 10.1 Å². The normalized spacial score (nSPS) is 10.8. The molecule has 150 valence electrons. The van der Waals surface area contributed by atoms with Crippen molar-refractivity contribution in [3.63, 3.8) is 0 Å². The summed E-state index contributed by atoms with van der Waals surface area (Å²) in [5.74, 6) is -0.823. The summed E-state index contributed by atoms with van der Waals surface area (Å²) in [5.41, 5.74) is 1.81. The van der Waals surface area contributed by atoms with Crippen LogP contribution in [0.2, 0.25) is 0 Å². The molecule has 8 heteroatoms. The highest BCUT2D eigenvalue weighted by Crippen LogP contribution is 2.28. The number of ketones is 1. The van der Waals surface area contributed by atoms with Gasteiger partial charge >= 0.3 is 0 Å². The molecule has 0 aliphatic heterocycles. The zero-order valence-corrected chi connectivity index (χ0v) is 16.2. The van der Waals surface area contributed by atoms with E-state index >= 15 is 4.39 Å². The minimum absolute atomic E-state index is 0.00738. The number of nitrogens with zero attached hydrogens (tertiary/aromatic N) is 3. The van der Waals surface area contributed by atoms with Crippen LogP contribution in [0.15, 0.2) is 61.3 Å². The van der Waals surface area contributed by atoms with Crippen molar-refractivity contribution in [1.82, 2.24) is 14.4 Å². The molecule has 0 aliphatic carbocycles. The SMILES string of the molecule is COc1ccn2c(C(C)=O)cc(C(=O)Nc3cccc(-c4cncnc4)c3F)c2c1. The molecule has 4 rings (SSSR count). The van der Waals surface area contributed by atoms with Crippen LogP contribution < -0.4 is 10.1 Å². The molecule has 0 radical (unpaired) electrons. The molecular formula is C22H17FN4O3. The maximum atomic E-state index is 15.1. The van der Waals surface area contributed by atoms with Gasteiger partial charge in [0, 0.05) is 42.7 Å². The smallest absolute Gasteiger partial charge is 0.257 e. The first kappa shape index (κ1) is 19.3. The van der Waals surface area contributed by atoms with Crippen LogP contribution in [0.1, 0.15) is 27.8 Å². The van der Waals surface area contributed by atoms with Crippen LogP contribution in [0.5, 0.6) is 5.75 Å². The van der Waals surface area contributed by atoms with Crippen molar-refractivity contribution < 1.29 is 18.7 Å². The van der Waals surface area contributed by atoms with E-state index in [1.165, 1.54) is 44.9 Å². The highest BCUT2D eigenvalue weighted by molar-refractivity contribution is 6.11. The Morgan fingerprint density at radius 3 is 2.60 bits per heavy atom. The molecule has 3 aromatic heterocycles. The van der Waals surface area contributed by atoms with Crippen molar-refractivity contribution >= 4 is 22.9 Å². The van der Waals surface area contributed by atoms with Crippen LogP contribution in [0.3, 0.4) is 0 Å². The molecule has 4 aromatic rings. The Balaban J connectivity index is 1.75. The predicted molar refractivity (Wildman–Crippen MR) is 109 cm³/mol. The lowest BCUT2D eigenvalue weighted by molar-refractivity contribution is 0.101. The van der Waals surface area contributed by atoms with Gasteiger partial charge in [-0.1, -0.05) is 12.1 Å². The Morgan fingerprint density at radius 1 is 1.13 bits per heavy atom. The second-order valence-corrected chi connectivity index (χ2v) is 6.57. The molecule has 1 amide bonds. The van der Waals surface area contributed by atoms with E-state index in [2.05, 4.69) is 15.3 Å². The second-order valence-electron chi connectivity index (χ2n) is 6.57. The molecule has 1 N–H and O–H groups in total. The topological polar surface area (TPSA) is 85.6 Å². The number of amides is 1. The fraction of sp³-hybridized carbons (Fsp3) is 0.0909. The number of ether oxygens (including phenoxy) is 1. The Bertz CT molecular complexity index is 1270. The minimum atomic E-state index is -0.603. The van der Waals surface area contributed by atoms with E-state index in [1.54, 1.807) is 34.9 Å². The Morgan fingerprint density at radius 2 is 1.90 bits per heavy atom. The van der Waals surface area contributed by atoms with Crippen molar-refractivity contribution in [2.45, 2.75) is 6.92 Å². The largest absolute Gasteiger partial charge is 0.497 e. The Kier molecular flexibility index (Phi) is 4.97. The standard InChI is InChI=1S/C22H17FN4O3/c1-13(28)19-9-17(20-8-15(30-2)6-7-27(19)20)22(29)26-18-5-3-4-16(21(18)23)14-10-24-12-25-11-14/h3-12H,1-2H3,(H,26,29). The van der Waals surface area contributed by atoms with Gasteiger partial charge < -0.3 is 14.5 Å². The van der Waals surface area contributed by atoms with Crippen molar-refractivity contribution in [3.8, 4) is 16.9 Å². The summed E-state index contributed by atoms with van der Waals surface area (Å²) in [5, 5.41) is 2.60. The molecule has 1 aromatic carbocycles. The molecule has 0 saturated carbocycles. The van der Waals surface area contributed by atoms with E-state index in [4.69, 9.17) is 4.74 Å². The molecule has 0 bridgehead atoms. The molecule has 3 heterocycles. The minimum Gasteiger partial charge on any atom is -0.497 e. The third-order valence-corrected chi connectivity index (χ3v) is 4.70. The number of fused-ring (bicyclic) bond motifs is 1. The van der Waals surface area contributed by atoms with E-state index in [-0.39, 0.29) is 22.6 Å². The van der Waals surface area contributed by atoms with E-state index in [0.717, 1.165) is 0 Å². The molecule has 0 unspecified atom stereocenters. The van der Waals surface area contributed by atoms with Crippen molar-refractivity contribution in [3.05, 3.63) is 78.4 Å². The van der Waals surface area contributed by atoms with Crippen LogP contribution in [0, 0.1) is 5.82 Å². The molecule has 7 nitrogen and oxygen atoms in total. The number of aromatic nitrogens is 3. The van der Waals surface area contributed by atoms with Crippen LogP contribution in [-0.2, 0) is 0 Å². The van der Waals surface area contributed by atoms with Gasteiger partial charge in [0.05, 0.1) is 29.6 Å². The van der Waals surface area contributed by atoms with Crippen molar-refractivity contribution in [2.75, 3.05) is 12.4 Å². The summed E-state index contributed by atoms with van der Waals surface area (Å²) in [6, 6.07) is 9.49. The third kappa shape index (κ3) is 3.39. The predicted octanol–water partition coefficient (Wildman–Crippen LogP) is 4.00. The number of Topliss-reactive ketones (excluding diaryl/α,β-unsaturated/α-hetero) is 1. The number of benzene rings is 1. The monoisotopic (exact) mass is 404 g/mol. The Hall–Kier alpha value is -4.07. The molecule has 0 spiro atoms. The number of pyridine rings is 1. The van der Waals surface area contributed by atoms with E-state index in [9.17, 15) is 9.59 Å². The number of hydrogen-bond donors (Lipinski definition) is 1. The Labute approximate surface area is 171 Å². The van der Waals surface area contributed by atoms with Gasteiger partial charge in [-0.3, -0.25) is 9.59 Å². The summed E-state index contributed by atoms with van der Waals surface area (Å²) >= 11 is 0. The van der Waals surface area contributed by atoms with Crippen LogP contribution in [-0.4, -0.2) is 33.2 Å². The second kappa shape index (κ2) is 7.75. The zero-order chi connectivity index (χ0) is 21.3. The van der Waals surface area contributed by atoms with E-state index in [1.807, 2.05) is 0 Å². The average Bonchev–Trinajstić information content (AvgIpc) is 3.15. The fourth-order valence-corrected chi connectivity index (χ4v) is 3.24. The summed E-state index contributed by atoms with van der Waals surface area (Å²) in [7, 11) is 1.51. The lowest BCUT2D eigenvalue weighted by Gasteiger charge is -2.10. The van der Waals surface area contributed by atoms with Crippen molar-refractivity contribution in [2.24, 2.45) is 0 Å². The van der Waals surface area contributed by atoms with Crippen molar-refractivity contribution in [1.29, 1.82) is 0 Å². The maximum Gasteiger partial charge on any atom is 0.257 e. The van der Waals surface area contributed by atoms with Crippen LogP contribution >= 0.6 is 0 Å². The van der Waals surface area contributed by atoms with Gasteiger partial charge in [0.25, 0.3) is 5.91 Å². The number of carbonyl (C=O) groups is 2. The number of methoxy groups -OCH3 is 1. The summed E-state index contributed by atoms with van der Waals surface area (Å²) in [4.78, 5) is 32.8. The lowest BCUT2D eigenvalue weighted by Crippen LogP contribution is -2.13. The molecule has 0 fully saturated rings. The van der Waals surface area contributed by atoms with Gasteiger partial charge in [0.2, 0.25) is 0 Å². The average molecular weight is 404 g/mol. The summed E-state index contributed by atoms with van der Waals surface area (Å²) < 4.78 is 21.9. The first-order chi connectivity index (χ1) is 14.5. The first-order valence-electron chi connectivity index (χ1n) is 9.05. The first-order valence-corrected chi connectivity index (χ1v) is 9.05. The molecule has 0 atom stereocenters. The molecule has 0 saturated heterocycles.